The average molecular weight is 220 g/mol. The summed E-state index contributed by atoms with van der Waals surface area (Å²) in [5, 5.41) is 0. The second-order valence-corrected chi connectivity index (χ2v) is 4.73. The molecule has 2 rings (SSSR count). The molecular formula is C12H20N4. The molecule has 0 saturated heterocycles. The Labute approximate surface area is 96.8 Å². The highest BCUT2D eigenvalue weighted by molar-refractivity contribution is 5.30. The van der Waals surface area contributed by atoms with Gasteiger partial charge in [-0.3, -0.25) is 16.3 Å². The van der Waals surface area contributed by atoms with E-state index in [2.05, 4.69) is 35.5 Å². The molecule has 4 heteroatoms. The minimum Gasteiger partial charge on any atom is -0.308 e. The van der Waals surface area contributed by atoms with Crippen molar-refractivity contribution in [2.45, 2.75) is 24.8 Å². The van der Waals surface area contributed by atoms with E-state index in [4.69, 9.17) is 5.84 Å². The molecule has 0 saturated carbocycles. The summed E-state index contributed by atoms with van der Waals surface area (Å²) < 4.78 is 0. The van der Waals surface area contributed by atoms with Crippen molar-refractivity contribution in [2.24, 2.45) is 5.84 Å². The number of hydrogen-bond donors (Lipinski definition) is 2. The highest BCUT2D eigenvalue weighted by Gasteiger charge is 2.30. The van der Waals surface area contributed by atoms with Gasteiger partial charge < -0.3 is 4.90 Å². The lowest BCUT2D eigenvalue weighted by Crippen LogP contribution is -2.45. The molecule has 0 amide bonds. The third kappa shape index (κ3) is 2.24. The van der Waals surface area contributed by atoms with Gasteiger partial charge in [-0.05, 0) is 38.6 Å². The van der Waals surface area contributed by atoms with Gasteiger partial charge in [0.25, 0.3) is 0 Å². The Balaban J connectivity index is 2.16. The molecule has 1 aliphatic rings. The van der Waals surface area contributed by atoms with Gasteiger partial charge in [-0.15, -0.1) is 0 Å². The Hall–Kier alpha value is -0.970. The average Bonchev–Trinajstić information content (AvgIpc) is 2.69. The molecule has 0 radical (unpaired) electrons. The third-order valence-corrected chi connectivity index (χ3v) is 3.26. The zero-order chi connectivity index (χ0) is 11.5. The highest BCUT2D eigenvalue weighted by Crippen LogP contribution is 2.33. The first-order valence-corrected chi connectivity index (χ1v) is 5.77. The molecule has 0 aromatic carbocycles. The fraction of sp³-hybridized carbons (Fsp3) is 0.583. The SMILES string of the molecule is CN(C)CC(NN)C1CCc2cccnc21. The van der Waals surface area contributed by atoms with Crippen molar-refractivity contribution in [1.29, 1.82) is 0 Å². The van der Waals surface area contributed by atoms with E-state index < -0.39 is 0 Å². The molecule has 4 nitrogen and oxygen atoms in total. The lowest BCUT2D eigenvalue weighted by atomic mass is 9.97. The molecule has 0 aliphatic heterocycles. The van der Waals surface area contributed by atoms with E-state index in [1.807, 2.05) is 12.3 Å². The van der Waals surface area contributed by atoms with E-state index in [-0.39, 0.29) is 6.04 Å². The molecule has 1 aliphatic carbocycles. The van der Waals surface area contributed by atoms with Gasteiger partial charge in [0.1, 0.15) is 0 Å². The first-order valence-electron chi connectivity index (χ1n) is 5.77. The lowest BCUT2D eigenvalue weighted by Gasteiger charge is -2.25. The number of hydrazine groups is 1. The summed E-state index contributed by atoms with van der Waals surface area (Å²) in [6, 6.07) is 4.47. The van der Waals surface area contributed by atoms with Gasteiger partial charge in [0.2, 0.25) is 0 Å². The maximum atomic E-state index is 5.65. The third-order valence-electron chi connectivity index (χ3n) is 3.26. The van der Waals surface area contributed by atoms with Crippen molar-refractivity contribution in [3.63, 3.8) is 0 Å². The zero-order valence-corrected chi connectivity index (χ0v) is 9.98. The molecule has 3 N–H and O–H groups in total. The largest absolute Gasteiger partial charge is 0.308 e. The van der Waals surface area contributed by atoms with Crippen LogP contribution in [0.15, 0.2) is 18.3 Å². The Morgan fingerprint density at radius 3 is 3.12 bits per heavy atom. The molecule has 1 aromatic heterocycles. The van der Waals surface area contributed by atoms with E-state index in [0.717, 1.165) is 19.4 Å². The van der Waals surface area contributed by atoms with Crippen LogP contribution < -0.4 is 11.3 Å². The van der Waals surface area contributed by atoms with Crippen LogP contribution in [-0.2, 0) is 6.42 Å². The van der Waals surface area contributed by atoms with E-state index in [9.17, 15) is 0 Å². The van der Waals surface area contributed by atoms with Crippen LogP contribution in [0.1, 0.15) is 23.6 Å². The number of rotatable bonds is 4. The molecule has 1 aromatic rings. The first-order chi connectivity index (χ1) is 7.72. The van der Waals surface area contributed by atoms with E-state index in [1.165, 1.54) is 11.3 Å². The summed E-state index contributed by atoms with van der Waals surface area (Å²) in [7, 11) is 4.14. The smallest absolute Gasteiger partial charge is 0.0483 e. The van der Waals surface area contributed by atoms with Crippen LogP contribution in [0.5, 0.6) is 0 Å². The van der Waals surface area contributed by atoms with Gasteiger partial charge in [0, 0.05) is 30.4 Å². The summed E-state index contributed by atoms with van der Waals surface area (Å²) >= 11 is 0. The van der Waals surface area contributed by atoms with Crippen LogP contribution in [-0.4, -0.2) is 36.6 Å². The molecule has 2 atom stereocenters. The number of nitrogens with zero attached hydrogens (tertiary/aromatic N) is 2. The van der Waals surface area contributed by atoms with Crippen LogP contribution in [0.25, 0.3) is 0 Å². The van der Waals surface area contributed by atoms with Gasteiger partial charge in [0.15, 0.2) is 0 Å². The molecule has 88 valence electrons. The molecule has 0 fully saturated rings. The summed E-state index contributed by atoms with van der Waals surface area (Å²) in [5.41, 5.74) is 5.54. The van der Waals surface area contributed by atoms with Gasteiger partial charge in [0.05, 0.1) is 0 Å². The van der Waals surface area contributed by atoms with Gasteiger partial charge in [-0.25, -0.2) is 0 Å². The zero-order valence-electron chi connectivity index (χ0n) is 9.98. The quantitative estimate of drug-likeness (QED) is 0.573. The summed E-state index contributed by atoms with van der Waals surface area (Å²) in [5.74, 6) is 6.10. The second kappa shape index (κ2) is 4.91. The van der Waals surface area contributed by atoms with Gasteiger partial charge in [-0.1, -0.05) is 6.07 Å². The maximum Gasteiger partial charge on any atom is 0.0483 e. The predicted molar refractivity (Wildman–Crippen MR) is 65.0 cm³/mol. The van der Waals surface area contributed by atoms with Crippen molar-refractivity contribution in [1.82, 2.24) is 15.3 Å². The first kappa shape index (κ1) is 11.5. The van der Waals surface area contributed by atoms with Crippen LogP contribution in [0.4, 0.5) is 0 Å². The fourth-order valence-electron chi connectivity index (χ4n) is 2.53. The van der Waals surface area contributed by atoms with Crippen molar-refractivity contribution in [2.75, 3.05) is 20.6 Å². The topological polar surface area (TPSA) is 54.2 Å². The van der Waals surface area contributed by atoms with E-state index in [1.54, 1.807) is 0 Å². The normalized spacial score (nSPS) is 21.1. The highest BCUT2D eigenvalue weighted by atomic mass is 15.3. The lowest BCUT2D eigenvalue weighted by molar-refractivity contribution is 0.305. The number of aryl methyl sites for hydroxylation is 1. The summed E-state index contributed by atoms with van der Waals surface area (Å²) in [6.45, 7) is 0.942. The van der Waals surface area contributed by atoms with Crippen LogP contribution in [0.3, 0.4) is 0 Å². The Kier molecular flexibility index (Phi) is 3.53. The number of aromatic nitrogens is 1. The van der Waals surface area contributed by atoms with Crippen molar-refractivity contribution in [3.05, 3.63) is 29.6 Å². The predicted octanol–water partition coefficient (Wildman–Crippen LogP) is 0.505. The number of fused-ring (bicyclic) bond motifs is 1. The molecule has 2 unspecified atom stereocenters. The molecule has 1 heterocycles. The van der Waals surface area contributed by atoms with Crippen molar-refractivity contribution in [3.8, 4) is 0 Å². The van der Waals surface area contributed by atoms with E-state index >= 15 is 0 Å². The number of hydrogen-bond acceptors (Lipinski definition) is 4. The second-order valence-electron chi connectivity index (χ2n) is 4.73. The Morgan fingerprint density at radius 1 is 1.62 bits per heavy atom. The van der Waals surface area contributed by atoms with Gasteiger partial charge in [-0.2, -0.15) is 0 Å². The van der Waals surface area contributed by atoms with Crippen LogP contribution in [0.2, 0.25) is 0 Å². The van der Waals surface area contributed by atoms with Crippen LogP contribution >= 0.6 is 0 Å². The van der Waals surface area contributed by atoms with Crippen molar-refractivity contribution < 1.29 is 0 Å². The number of likely N-dealkylation sites (N-methyl/N-ethyl adjacent to an activating group) is 1. The van der Waals surface area contributed by atoms with Crippen molar-refractivity contribution >= 4 is 0 Å². The molecular weight excluding hydrogens is 200 g/mol. The monoisotopic (exact) mass is 220 g/mol. The van der Waals surface area contributed by atoms with E-state index in [0.29, 0.717) is 5.92 Å². The molecule has 0 bridgehead atoms. The number of nitrogens with one attached hydrogen (secondary N) is 1. The Bertz CT molecular complexity index is 351. The maximum absolute atomic E-state index is 5.65. The summed E-state index contributed by atoms with van der Waals surface area (Å²) in [6.07, 6.45) is 4.15. The van der Waals surface area contributed by atoms with Gasteiger partial charge >= 0.3 is 0 Å². The number of nitrogens with two attached hydrogens (primary N) is 1. The minimum atomic E-state index is 0.283. The van der Waals surface area contributed by atoms with Crippen LogP contribution in [0, 0.1) is 0 Å². The number of pyridine rings is 1. The fourth-order valence-corrected chi connectivity index (χ4v) is 2.53. The standard InChI is InChI=1S/C12H20N4/c1-16(2)8-11(15-13)10-6-5-9-4-3-7-14-12(9)10/h3-4,7,10-11,15H,5-6,8,13H2,1-2H3. The minimum absolute atomic E-state index is 0.283. The summed E-state index contributed by atoms with van der Waals surface area (Å²) in [4.78, 5) is 6.66. The molecule has 0 spiro atoms. The molecule has 16 heavy (non-hydrogen) atoms. The Morgan fingerprint density at radius 2 is 2.44 bits per heavy atom.